The summed E-state index contributed by atoms with van der Waals surface area (Å²) in [5.74, 6) is -0.126. The van der Waals surface area contributed by atoms with Gasteiger partial charge in [0.15, 0.2) is 0 Å². The van der Waals surface area contributed by atoms with Crippen LogP contribution in [0.3, 0.4) is 0 Å². The van der Waals surface area contributed by atoms with Gasteiger partial charge in [-0.2, -0.15) is 5.10 Å². The fourth-order valence-electron chi connectivity index (χ4n) is 2.50. The number of aromatic nitrogens is 2. The molecule has 0 radical (unpaired) electrons. The predicted octanol–water partition coefficient (Wildman–Crippen LogP) is 2.64. The largest absolute Gasteiger partial charge is 0.378 e. The number of para-hydroxylation sites is 2. The zero-order valence-corrected chi connectivity index (χ0v) is 14.4. The van der Waals surface area contributed by atoms with Crippen molar-refractivity contribution < 1.29 is 4.79 Å². The molecule has 3 rings (SSSR count). The molecule has 0 aliphatic heterocycles. The van der Waals surface area contributed by atoms with Crippen molar-refractivity contribution in [3.05, 3.63) is 60.4 Å². The molecule has 6 heteroatoms. The highest BCUT2D eigenvalue weighted by molar-refractivity contribution is 5.83. The first kappa shape index (κ1) is 16.7. The highest BCUT2D eigenvalue weighted by Crippen LogP contribution is 2.12. The van der Waals surface area contributed by atoms with E-state index in [4.69, 9.17) is 0 Å². The molecule has 2 aromatic carbocycles. The number of hydrogen-bond donors (Lipinski definition) is 1. The molecule has 1 N–H and O–H groups in total. The van der Waals surface area contributed by atoms with E-state index in [0.29, 0.717) is 13.0 Å². The lowest BCUT2D eigenvalue weighted by atomic mass is 10.2. The predicted molar refractivity (Wildman–Crippen MR) is 101 cm³/mol. The summed E-state index contributed by atoms with van der Waals surface area (Å²) in [6, 6.07) is 15.8. The monoisotopic (exact) mass is 335 g/mol. The molecule has 0 unspecified atom stereocenters. The van der Waals surface area contributed by atoms with Crippen LogP contribution in [0.25, 0.3) is 11.0 Å². The van der Waals surface area contributed by atoms with Crippen LogP contribution in [0.1, 0.15) is 12.0 Å². The highest BCUT2D eigenvalue weighted by atomic mass is 16.2. The summed E-state index contributed by atoms with van der Waals surface area (Å²) >= 11 is 0. The Labute approximate surface area is 146 Å². The maximum atomic E-state index is 11.9. The standard InChI is InChI=1S/C19H21N5O/c1-23(2)16-9-7-15(8-10-16)13-21-22-19(25)11-12-24-14-20-17-5-3-4-6-18(17)24/h3-10,13-14H,11-12H2,1-2H3,(H,22,25). The third-order valence-electron chi connectivity index (χ3n) is 3.92. The number of fused-ring (bicyclic) bond motifs is 1. The van der Waals surface area contributed by atoms with E-state index in [0.717, 1.165) is 22.3 Å². The second kappa shape index (κ2) is 7.61. The second-order valence-corrected chi connectivity index (χ2v) is 5.96. The lowest BCUT2D eigenvalue weighted by molar-refractivity contribution is -0.121. The number of hydrazone groups is 1. The van der Waals surface area contributed by atoms with Crippen LogP contribution in [0.15, 0.2) is 60.0 Å². The Morgan fingerprint density at radius 2 is 1.96 bits per heavy atom. The third kappa shape index (κ3) is 4.23. The van der Waals surface area contributed by atoms with Crippen molar-refractivity contribution in [2.24, 2.45) is 5.10 Å². The number of benzene rings is 2. The Balaban J connectivity index is 1.51. The van der Waals surface area contributed by atoms with Gasteiger partial charge in [-0.05, 0) is 29.8 Å². The van der Waals surface area contributed by atoms with Crippen LogP contribution in [0.4, 0.5) is 5.69 Å². The van der Waals surface area contributed by atoms with Crippen molar-refractivity contribution in [2.45, 2.75) is 13.0 Å². The quantitative estimate of drug-likeness (QED) is 0.556. The molecule has 0 fully saturated rings. The first-order valence-corrected chi connectivity index (χ1v) is 8.12. The van der Waals surface area contributed by atoms with Crippen molar-refractivity contribution in [2.75, 3.05) is 19.0 Å². The Kier molecular flexibility index (Phi) is 5.09. The van der Waals surface area contributed by atoms with E-state index in [2.05, 4.69) is 15.5 Å². The summed E-state index contributed by atoms with van der Waals surface area (Å²) in [7, 11) is 3.99. The number of aryl methyl sites for hydroxylation is 1. The van der Waals surface area contributed by atoms with Crippen LogP contribution >= 0.6 is 0 Å². The van der Waals surface area contributed by atoms with Crippen molar-refractivity contribution in [1.82, 2.24) is 15.0 Å². The molecular formula is C19H21N5O. The van der Waals surface area contributed by atoms with Crippen LogP contribution < -0.4 is 10.3 Å². The zero-order chi connectivity index (χ0) is 17.6. The maximum absolute atomic E-state index is 11.9. The van der Waals surface area contributed by atoms with Crippen molar-refractivity contribution in [3.63, 3.8) is 0 Å². The van der Waals surface area contributed by atoms with E-state index < -0.39 is 0 Å². The molecule has 3 aromatic rings. The molecule has 1 amide bonds. The number of amides is 1. The topological polar surface area (TPSA) is 62.5 Å². The van der Waals surface area contributed by atoms with Gasteiger partial charge in [0.2, 0.25) is 5.91 Å². The smallest absolute Gasteiger partial charge is 0.241 e. The van der Waals surface area contributed by atoms with E-state index in [1.165, 1.54) is 0 Å². The molecule has 0 atom stereocenters. The van der Waals surface area contributed by atoms with Crippen LogP contribution in [0.2, 0.25) is 0 Å². The van der Waals surface area contributed by atoms with Gasteiger partial charge >= 0.3 is 0 Å². The van der Waals surface area contributed by atoms with Crippen LogP contribution in [0, 0.1) is 0 Å². The molecule has 0 aliphatic carbocycles. The summed E-state index contributed by atoms with van der Waals surface area (Å²) < 4.78 is 1.97. The first-order valence-electron chi connectivity index (χ1n) is 8.12. The van der Waals surface area contributed by atoms with Crippen molar-refractivity contribution >= 4 is 28.8 Å². The van der Waals surface area contributed by atoms with Gasteiger partial charge in [0.1, 0.15) is 0 Å². The normalized spacial score (nSPS) is 11.1. The van der Waals surface area contributed by atoms with E-state index in [1.807, 2.05) is 72.1 Å². The Morgan fingerprint density at radius 3 is 2.72 bits per heavy atom. The van der Waals surface area contributed by atoms with Crippen LogP contribution in [-0.4, -0.2) is 35.8 Å². The Hall–Kier alpha value is -3.15. The first-order chi connectivity index (χ1) is 12.1. The minimum atomic E-state index is -0.126. The van der Waals surface area contributed by atoms with Crippen molar-refractivity contribution in [3.8, 4) is 0 Å². The van der Waals surface area contributed by atoms with Gasteiger partial charge in [-0.3, -0.25) is 4.79 Å². The molecule has 128 valence electrons. The maximum Gasteiger partial charge on any atom is 0.241 e. The SMILES string of the molecule is CN(C)c1ccc(C=NNC(=O)CCn2cnc3ccccc32)cc1. The number of imidazole rings is 1. The van der Waals surface area contributed by atoms with Gasteiger partial charge < -0.3 is 9.47 Å². The Bertz CT molecular complexity index is 880. The van der Waals surface area contributed by atoms with Gasteiger partial charge in [0.05, 0.1) is 23.6 Å². The molecule has 0 bridgehead atoms. The number of rotatable bonds is 6. The minimum absolute atomic E-state index is 0.126. The van der Waals surface area contributed by atoms with Gasteiger partial charge in [-0.25, -0.2) is 10.4 Å². The molecule has 1 heterocycles. The van der Waals surface area contributed by atoms with E-state index in [9.17, 15) is 4.79 Å². The number of carbonyl (C=O) groups excluding carboxylic acids is 1. The van der Waals surface area contributed by atoms with Crippen LogP contribution in [-0.2, 0) is 11.3 Å². The third-order valence-corrected chi connectivity index (χ3v) is 3.92. The number of carbonyl (C=O) groups is 1. The van der Waals surface area contributed by atoms with Crippen LogP contribution in [0.5, 0.6) is 0 Å². The van der Waals surface area contributed by atoms with Gasteiger partial charge in [-0.15, -0.1) is 0 Å². The average Bonchev–Trinajstić information content (AvgIpc) is 3.03. The minimum Gasteiger partial charge on any atom is -0.378 e. The Morgan fingerprint density at radius 1 is 1.20 bits per heavy atom. The average molecular weight is 335 g/mol. The number of nitrogens with zero attached hydrogens (tertiary/aromatic N) is 4. The highest BCUT2D eigenvalue weighted by Gasteiger charge is 2.04. The summed E-state index contributed by atoms with van der Waals surface area (Å²) in [4.78, 5) is 18.3. The van der Waals surface area contributed by atoms with E-state index in [-0.39, 0.29) is 5.91 Å². The molecule has 0 spiro atoms. The molecular weight excluding hydrogens is 314 g/mol. The molecule has 0 aliphatic rings. The van der Waals surface area contributed by atoms with Gasteiger partial charge in [-0.1, -0.05) is 24.3 Å². The molecule has 0 saturated carbocycles. The molecule has 6 nitrogen and oxygen atoms in total. The zero-order valence-electron chi connectivity index (χ0n) is 14.4. The molecule has 0 saturated heterocycles. The summed E-state index contributed by atoms with van der Waals surface area (Å²) in [6.45, 7) is 0.569. The number of anilines is 1. The lowest BCUT2D eigenvalue weighted by Crippen LogP contribution is -2.19. The second-order valence-electron chi connectivity index (χ2n) is 5.96. The number of hydrogen-bond acceptors (Lipinski definition) is 4. The molecule has 1 aromatic heterocycles. The fraction of sp³-hybridized carbons (Fsp3) is 0.211. The lowest BCUT2D eigenvalue weighted by Gasteiger charge is -2.11. The number of nitrogens with one attached hydrogen (secondary N) is 1. The van der Waals surface area contributed by atoms with Gasteiger partial charge in [0.25, 0.3) is 0 Å². The fourth-order valence-corrected chi connectivity index (χ4v) is 2.50. The summed E-state index contributed by atoms with van der Waals surface area (Å²) in [5, 5.41) is 4.02. The van der Waals surface area contributed by atoms with E-state index in [1.54, 1.807) is 12.5 Å². The summed E-state index contributed by atoms with van der Waals surface area (Å²) in [5.41, 5.74) is 6.58. The summed E-state index contributed by atoms with van der Waals surface area (Å²) in [6.07, 6.45) is 3.74. The van der Waals surface area contributed by atoms with Crippen molar-refractivity contribution in [1.29, 1.82) is 0 Å². The van der Waals surface area contributed by atoms with Gasteiger partial charge in [0, 0.05) is 32.7 Å². The molecule has 25 heavy (non-hydrogen) atoms. The van der Waals surface area contributed by atoms with E-state index >= 15 is 0 Å².